The summed E-state index contributed by atoms with van der Waals surface area (Å²) in [5.74, 6) is 0.811. The number of phenolic OH excluding ortho intramolecular Hbond substituents is 1. The van der Waals surface area contributed by atoms with Crippen molar-refractivity contribution in [2.24, 2.45) is 0 Å². The van der Waals surface area contributed by atoms with Gasteiger partial charge in [0, 0.05) is 23.7 Å². The summed E-state index contributed by atoms with van der Waals surface area (Å²) in [7, 11) is 0. The van der Waals surface area contributed by atoms with E-state index in [-0.39, 0.29) is 18.5 Å². The Kier molecular flexibility index (Phi) is 4.66. The molecular formula is C16H18ClN3O3. The van der Waals surface area contributed by atoms with E-state index in [0.717, 1.165) is 11.4 Å². The maximum Gasteiger partial charge on any atom is 0.151 e. The standard InChI is InChI=1S/C16H18ClN3O3/c1-10-6-11(17)7-14(22)16(10)13-2-3-15(19-18-13)20-4-5-23-12(8-20)9-21/h2-3,6-7,12,21-22H,4-5,8-9H2,1H3/t12-/m0/s1. The molecule has 1 aliphatic heterocycles. The van der Waals surface area contributed by atoms with Crippen LogP contribution < -0.4 is 4.90 Å². The molecule has 6 nitrogen and oxygen atoms in total. The molecule has 122 valence electrons. The van der Waals surface area contributed by atoms with Gasteiger partial charge in [-0.15, -0.1) is 10.2 Å². The van der Waals surface area contributed by atoms with Gasteiger partial charge in [-0.3, -0.25) is 0 Å². The van der Waals surface area contributed by atoms with Gasteiger partial charge in [0.05, 0.1) is 25.0 Å². The van der Waals surface area contributed by atoms with Crippen LogP contribution in [-0.2, 0) is 4.74 Å². The smallest absolute Gasteiger partial charge is 0.151 e. The SMILES string of the molecule is Cc1cc(Cl)cc(O)c1-c1ccc(N2CCO[C@H](CO)C2)nn1. The first-order valence-corrected chi connectivity index (χ1v) is 7.77. The number of aryl methyl sites for hydroxylation is 1. The number of aromatic nitrogens is 2. The molecule has 1 saturated heterocycles. The van der Waals surface area contributed by atoms with E-state index < -0.39 is 0 Å². The van der Waals surface area contributed by atoms with Crippen molar-refractivity contribution in [2.45, 2.75) is 13.0 Å². The molecule has 0 unspecified atom stereocenters. The first-order valence-electron chi connectivity index (χ1n) is 7.39. The summed E-state index contributed by atoms with van der Waals surface area (Å²) in [5.41, 5.74) is 2.06. The van der Waals surface area contributed by atoms with E-state index in [4.69, 9.17) is 16.3 Å². The molecule has 2 N–H and O–H groups in total. The molecule has 0 bridgehead atoms. The molecule has 7 heteroatoms. The molecule has 0 radical (unpaired) electrons. The second-order valence-electron chi connectivity index (χ2n) is 5.51. The maximum atomic E-state index is 10.1. The zero-order valence-corrected chi connectivity index (χ0v) is 13.5. The third-order valence-electron chi connectivity index (χ3n) is 3.85. The minimum Gasteiger partial charge on any atom is -0.507 e. The Labute approximate surface area is 139 Å². The summed E-state index contributed by atoms with van der Waals surface area (Å²) in [6.07, 6.45) is -0.201. The van der Waals surface area contributed by atoms with Crippen molar-refractivity contribution in [3.8, 4) is 17.0 Å². The van der Waals surface area contributed by atoms with Crippen LogP contribution in [0.25, 0.3) is 11.3 Å². The minimum absolute atomic E-state index is 0.0140. The predicted molar refractivity (Wildman–Crippen MR) is 87.9 cm³/mol. The van der Waals surface area contributed by atoms with Crippen LogP contribution in [0.4, 0.5) is 5.82 Å². The second-order valence-corrected chi connectivity index (χ2v) is 5.95. The molecule has 0 spiro atoms. The molecule has 1 fully saturated rings. The topological polar surface area (TPSA) is 78.7 Å². The Morgan fingerprint density at radius 3 is 2.83 bits per heavy atom. The molecule has 2 heterocycles. The average molecular weight is 336 g/mol. The summed E-state index contributed by atoms with van der Waals surface area (Å²) in [4.78, 5) is 2.02. The Morgan fingerprint density at radius 2 is 2.17 bits per heavy atom. The van der Waals surface area contributed by atoms with Crippen LogP contribution >= 0.6 is 11.6 Å². The average Bonchev–Trinajstić information content (AvgIpc) is 2.54. The molecule has 1 aromatic carbocycles. The second kappa shape index (κ2) is 6.70. The summed E-state index contributed by atoms with van der Waals surface area (Å²) >= 11 is 5.93. The Balaban J connectivity index is 1.85. The van der Waals surface area contributed by atoms with Gasteiger partial charge < -0.3 is 19.8 Å². The molecule has 0 amide bonds. The molecule has 23 heavy (non-hydrogen) atoms. The molecule has 0 aliphatic carbocycles. The zero-order chi connectivity index (χ0) is 16.4. The van der Waals surface area contributed by atoms with Crippen LogP contribution in [0.15, 0.2) is 24.3 Å². The quantitative estimate of drug-likeness (QED) is 0.893. The largest absolute Gasteiger partial charge is 0.507 e. The van der Waals surface area contributed by atoms with E-state index in [0.29, 0.717) is 36.0 Å². The minimum atomic E-state index is -0.201. The number of anilines is 1. The number of morpholine rings is 1. The number of halogens is 1. The molecule has 3 rings (SSSR count). The van der Waals surface area contributed by atoms with Crippen LogP contribution in [0.3, 0.4) is 0 Å². The van der Waals surface area contributed by atoms with Crippen molar-refractivity contribution >= 4 is 17.4 Å². The maximum absolute atomic E-state index is 10.1. The van der Waals surface area contributed by atoms with E-state index in [1.54, 1.807) is 6.07 Å². The molecule has 1 atom stereocenters. The lowest BCUT2D eigenvalue weighted by molar-refractivity contribution is 0.00332. The summed E-state index contributed by atoms with van der Waals surface area (Å²) in [6.45, 7) is 3.68. The fourth-order valence-electron chi connectivity index (χ4n) is 2.72. The molecular weight excluding hydrogens is 318 g/mol. The fraction of sp³-hybridized carbons (Fsp3) is 0.375. The lowest BCUT2D eigenvalue weighted by Gasteiger charge is -2.32. The first kappa shape index (κ1) is 16.0. The number of ether oxygens (including phenoxy) is 1. The summed E-state index contributed by atoms with van der Waals surface area (Å²) in [5, 5.41) is 28.3. The fourth-order valence-corrected chi connectivity index (χ4v) is 2.99. The van der Waals surface area contributed by atoms with E-state index in [2.05, 4.69) is 10.2 Å². The zero-order valence-electron chi connectivity index (χ0n) is 12.7. The van der Waals surface area contributed by atoms with Gasteiger partial charge in [0.25, 0.3) is 0 Å². The van der Waals surface area contributed by atoms with Gasteiger partial charge in [0.15, 0.2) is 5.82 Å². The molecule has 2 aromatic rings. The molecule has 1 aromatic heterocycles. The predicted octanol–water partition coefficient (Wildman–Crippen LogP) is 2.01. The van der Waals surface area contributed by atoms with Gasteiger partial charge in [-0.05, 0) is 36.8 Å². The highest BCUT2D eigenvalue weighted by Crippen LogP contribution is 2.34. The van der Waals surface area contributed by atoms with Crippen LogP contribution in [0.5, 0.6) is 5.75 Å². The number of aliphatic hydroxyl groups is 1. The van der Waals surface area contributed by atoms with Gasteiger partial charge in [0.2, 0.25) is 0 Å². The van der Waals surface area contributed by atoms with Crippen LogP contribution in [0.2, 0.25) is 5.02 Å². The van der Waals surface area contributed by atoms with Crippen molar-refractivity contribution in [3.63, 3.8) is 0 Å². The van der Waals surface area contributed by atoms with Crippen molar-refractivity contribution < 1.29 is 14.9 Å². The van der Waals surface area contributed by atoms with Gasteiger partial charge in [-0.25, -0.2) is 0 Å². The van der Waals surface area contributed by atoms with Crippen molar-refractivity contribution in [2.75, 3.05) is 31.2 Å². The Morgan fingerprint density at radius 1 is 1.35 bits per heavy atom. The Bertz CT molecular complexity index is 670. The monoisotopic (exact) mass is 335 g/mol. The highest BCUT2D eigenvalue weighted by atomic mass is 35.5. The number of aliphatic hydroxyl groups excluding tert-OH is 1. The van der Waals surface area contributed by atoms with Crippen LogP contribution in [0.1, 0.15) is 5.56 Å². The third-order valence-corrected chi connectivity index (χ3v) is 4.07. The highest BCUT2D eigenvalue weighted by molar-refractivity contribution is 6.31. The van der Waals surface area contributed by atoms with Gasteiger partial charge in [-0.2, -0.15) is 0 Å². The van der Waals surface area contributed by atoms with E-state index in [1.807, 2.05) is 24.0 Å². The summed E-state index contributed by atoms with van der Waals surface area (Å²) < 4.78 is 5.43. The molecule has 0 saturated carbocycles. The normalized spacial score (nSPS) is 18.2. The van der Waals surface area contributed by atoms with Crippen LogP contribution in [0, 0.1) is 6.92 Å². The molecule has 1 aliphatic rings. The first-order chi connectivity index (χ1) is 11.1. The van der Waals surface area contributed by atoms with E-state index >= 15 is 0 Å². The third kappa shape index (κ3) is 3.39. The van der Waals surface area contributed by atoms with E-state index in [9.17, 15) is 10.2 Å². The number of hydrogen-bond donors (Lipinski definition) is 2. The number of hydrogen-bond acceptors (Lipinski definition) is 6. The van der Waals surface area contributed by atoms with Crippen molar-refractivity contribution in [3.05, 3.63) is 34.9 Å². The van der Waals surface area contributed by atoms with Crippen molar-refractivity contribution in [1.82, 2.24) is 10.2 Å². The number of aromatic hydroxyl groups is 1. The lowest BCUT2D eigenvalue weighted by atomic mass is 10.0. The van der Waals surface area contributed by atoms with E-state index in [1.165, 1.54) is 6.07 Å². The number of rotatable bonds is 3. The highest BCUT2D eigenvalue weighted by Gasteiger charge is 2.21. The van der Waals surface area contributed by atoms with Gasteiger partial charge >= 0.3 is 0 Å². The van der Waals surface area contributed by atoms with Crippen LogP contribution in [-0.4, -0.2) is 52.8 Å². The van der Waals surface area contributed by atoms with Gasteiger partial charge in [-0.1, -0.05) is 11.6 Å². The number of benzene rings is 1. The van der Waals surface area contributed by atoms with Gasteiger partial charge in [0.1, 0.15) is 5.75 Å². The number of nitrogens with zero attached hydrogens (tertiary/aromatic N) is 3. The van der Waals surface area contributed by atoms with Crippen molar-refractivity contribution in [1.29, 1.82) is 0 Å². The summed E-state index contributed by atoms with van der Waals surface area (Å²) in [6, 6.07) is 6.95. The Hall–Kier alpha value is -1.89. The lowest BCUT2D eigenvalue weighted by Crippen LogP contribution is -2.44. The number of phenols is 1.